The van der Waals surface area contributed by atoms with Crippen LogP contribution in [0.2, 0.25) is 0 Å². The predicted molar refractivity (Wildman–Crippen MR) is 82.7 cm³/mol. The molecule has 0 aromatic heterocycles. The van der Waals surface area contributed by atoms with Crippen LogP contribution >= 0.6 is 0 Å². The van der Waals surface area contributed by atoms with Crippen molar-refractivity contribution in [2.24, 2.45) is 17.4 Å². The lowest BCUT2D eigenvalue weighted by Gasteiger charge is -2.21. The van der Waals surface area contributed by atoms with E-state index in [1.54, 1.807) is 6.92 Å². The first-order valence-electron chi connectivity index (χ1n) is 6.60. The van der Waals surface area contributed by atoms with E-state index in [0.717, 1.165) is 31.6 Å². The molecule has 0 spiro atoms. The SMILES string of the molecule is C=C(C)N.C=C(N)C1CCNCC1.CC.CC.[HH]. The van der Waals surface area contributed by atoms with E-state index in [4.69, 9.17) is 11.5 Å². The normalized spacial score (nSPS) is 13.7. The topological polar surface area (TPSA) is 64.1 Å². The van der Waals surface area contributed by atoms with Crippen molar-refractivity contribution in [2.75, 3.05) is 13.1 Å². The van der Waals surface area contributed by atoms with Gasteiger partial charge in [-0.2, -0.15) is 0 Å². The highest BCUT2D eigenvalue weighted by Crippen LogP contribution is 2.15. The van der Waals surface area contributed by atoms with Gasteiger partial charge in [0.1, 0.15) is 0 Å². The van der Waals surface area contributed by atoms with E-state index in [-0.39, 0.29) is 1.43 Å². The first-order valence-corrected chi connectivity index (χ1v) is 6.60. The van der Waals surface area contributed by atoms with E-state index in [1.165, 1.54) is 0 Å². The van der Waals surface area contributed by atoms with E-state index in [9.17, 15) is 0 Å². The van der Waals surface area contributed by atoms with Crippen molar-refractivity contribution in [1.82, 2.24) is 5.32 Å². The monoisotopic (exact) mass is 245 g/mol. The van der Waals surface area contributed by atoms with E-state index < -0.39 is 0 Å². The summed E-state index contributed by atoms with van der Waals surface area (Å²) in [5.74, 6) is 0.575. The summed E-state index contributed by atoms with van der Waals surface area (Å²) in [6, 6.07) is 0. The zero-order chi connectivity index (χ0) is 14.3. The Bertz CT molecular complexity index is 172. The van der Waals surface area contributed by atoms with E-state index in [2.05, 4.69) is 18.5 Å². The summed E-state index contributed by atoms with van der Waals surface area (Å²) in [6.45, 7) is 19.0. The van der Waals surface area contributed by atoms with Crippen molar-refractivity contribution < 1.29 is 1.43 Å². The van der Waals surface area contributed by atoms with Crippen LogP contribution in [0.4, 0.5) is 0 Å². The van der Waals surface area contributed by atoms with Crippen LogP contribution in [0.25, 0.3) is 0 Å². The van der Waals surface area contributed by atoms with Crippen LogP contribution in [0.3, 0.4) is 0 Å². The summed E-state index contributed by atoms with van der Waals surface area (Å²) in [5, 5.41) is 3.27. The average Bonchev–Trinajstić information content (AvgIpc) is 2.34. The van der Waals surface area contributed by atoms with Gasteiger partial charge in [0, 0.05) is 13.0 Å². The Kier molecular flexibility index (Phi) is 21.9. The second kappa shape index (κ2) is 17.4. The summed E-state index contributed by atoms with van der Waals surface area (Å²) in [6.07, 6.45) is 2.32. The van der Waals surface area contributed by atoms with Gasteiger partial charge in [-0.05, 0) is 38.6 Å². The van der Waals surface area contributed by atoms with Gasteiger partial charge in [-0.1, -0.05) is 40.9 Å². The molecule has 1 saturated heterocycles. The number of rotatable bonds is 1. The summed E-state index contributed by atoms with van der Waals surface area (Å²) in [7, 11) is 0. The largest absolute Gasteiger partial charge is 0.403 e. The minimum atomic E-state index is 0. The second-order valence-electron chi connectivity index (χ2n) is 3.45. The number of piperidine rings is 1. The molecule has 1 aliphatic heterocycles. The van der Waals surface area contributed by atoms with E-state index in [1.807, 2.05) is 27.7 Å². The first-order chi connectivity index (χ1) is 8.04. The molecular weight excluding hydrogens is 210 g/mol. The third-order valence-electron chi connectivity index (χ3n) is 1.86. The summed E-state index contributed by atoms with van der Waals surface area (Å²) >= 11 is 0. The van der Waals surface area contributed by atoms with Crippen molar-refractivity contribution in [3.63, 3.8) is 0 Å². The minimum absolute atomic E-state index is 0. The molecule has 0 bridgehead atoms. The van der Waals surface area contributed by atoms with Crippen LogP contribution in [0, 0.1) is 5.92 Å². The maximum absolute atomic E-state index is 5.54. The molecule has 5 N–H and O–H groups in total. The molecule has 3 nitrogen and oxygen atoms in total. The zero-order valence-corrected chi connectivity index (χ0v) is 12.5. The molecule has 0 atom stereocenters. The van der Waals surface area contributed by atoms with Gasteiger partial charge in [0.15, 0.2) is 0 Å². The molecular formula is C14H35N3. The molecule has 0 saturated carbocycles. The Morgan fingerprint density at radius 1 is 1.06 bits per heavy atom. The summed E-state index contributed by atoms with van der Waals surface area (Å²) in [4.78, 5) is 0. The fraction of sp³-hybridized carbons (Fsp3) is 0.714. The van der Waals surface area contributed by atoms with Crippen LogP contribution < -0.4 is 16.8 Å². The van der Waals surface area contributed by atoms with Crippen LogP contribution in [0.1, 0.15) is 48.9 Å². The highest BCUT2D eigenvalue weighted by molar-refractivity contribution is 4.96. The maximum Gasteiger partial charge on any atom is 0.00399 e. The summed E-state index contributed by atoms with van der Waals surface area (Å²) < 4.78 is 0. The van der Waals surface area contributed by atoms with Crippen molar-refractivity contribution in [2.45, 2.75) is 47.5 Å². The molecule has 0 aliphatic carbocycles. The number of allylic oxidation sites excluding steroid dienone is 2. The molecule has 3 heteroatoms. The molecule has 0 aromatic carbocycles. The molecule has 0 unspecified atom stereocenters. The van der Waals surface area contributed by atoms with Gasteiger partial charge in [0.05, 0.1) is 0 Å². The Hall–Kier alpha value is -0.960. The Labute approximate surface area is 110 Å². The molecule has 17 heavy (non-hydrogen) atoms. The highest BCUT2D eigenvalue weighted by Gasteiger charge is 2.12. The van der Waals surface area contributed by atoms with Gasteiger partial charge in [-0.15, -0.1) is 0 Å². The molecule has 1 heterocycles. The maximum atomic E-state index is 5.54. The first kappa shape index (κ1) is 21.3. The highest BCUT2D eigenvalue weighted by atomic mass is 14.9. The number of hydrogen-bond donors (Lipinski definition) is 3. The predicted octanol–water partition coefficient (Wildman–Crippen LogP) is 3.24. The van der Waals surface area contributed by atoms with Crippen molar-refractivity contribution in [3.8, 4) is 0 Å². The fourth-order valence-corrected chi connectivity index (χ4v) is 1.19. The van der Waals surface area contributed by atoms with Crippen LogP contribution in [-0.4, -0.2) is 13.1 Å². The molecule has 0 radical (unpaired) electrons. The Balaban J connectivity index is -0.0000000937. The van der Waals surface area contributed by atoms with Crippen LogP contribution in [0.5, 0.6) is 0 Å². The van der Waals surface area contributed by atoms with Gasteiger partial charge in [-0.25, -0.2) is 0 Å². The Morgan fingerprint density at radius 2 is 1.35 bits per heavy atom. The molecule has 0 aromatic rings. The van der Waals surface area contributed by atoms with Gasteiger partial charge in [0.2, 0.25) is 0 Å². The molecule has 0 amide bonds. The average molecular weight is 245 g/mol. The lowest BCUT2D eigenvalue weighted by Crippen LogP contribution is -2.30. The lowest BCUT2D eigenvalue weighted by atomic mass is 9.96. The quantitative estimate of drug-likeness (QED) is 0.664. The number of nitrogens with one attached hydrogen (secondary N) is 1. The van der Waals surface area contributed by atoms with Crippen molar-refractivity contribution >= 4 is 0 Å². The van der Waals surface area contributed by atoms with Gasteiger partial charge in [-0.3, -0.25) is 0 Å². The molecule has 106 valence electrons. The van der Waals surface area contributed by atoms with E-state index in [0.29, 0.717) is 11.6 Å². The number of nitrogens with two attached hydrogens (primary N) is 2. The molecule has 1 rings (SSSR count). The van der Waals surface area contributed by atoms with Gasteiger partial charge < -0.3 is 16.8 Å². The smallest absolute Gasteiger partial charge is 0.00399 e. The standard InChI is InChI=1S/C7H14N2.C3H7N.2C2H6.H2/c1-6(8)7-2-4-9-5-3-7;1-3(2)4;2*1-2;/h7,9H,1-5,8H2;1,4H2,2H3;2*1-2H3;1H. The molecule has 1 aliphatic rings. The number of hydrogen-bond acceptors (Lipinski definition) is 3. The third-order valence-corrected chi connectivity index (χ3v) is 1.86. The van der Waals surface area contributed by atoms with Crippen LogP contribution in [0.15, 0.2) is 24.6 Å². The third kappa shape index (κ3) is 21.0. The van der Waals surface area contributed by atoms with Crippen molar-refractivity contribution in [3.05, 3.63) is 24.6 Å². The summed E-state index contributed by atoms with van der Waals surface area (Å²) in [5.41, 5.74) is 12.0. The zero-order valence-electron chi connectivity index (χ0n) is 12.5. The van der Waals surface area contributed by atoms with E-state index >= 15 is 0 Å². The Morgan fingerprint density at radius 3 is 1.53 bits per heavy atom. The van der Waals surface area contributed by atoms with Gasteiger partial charge >= 0.3 is 0 Å². The lowest BCUT2D eigenvalue weighted by molar-refractivity contribution is 0.418. The fourth-order valence-electron chi connectivity index (χ4n) is 1.19. The minimum Gasteiger partial charge on any atom is -0.403 e. The molecule has 1 fully saturated rings. The van der Waals surface area contributed by atoms with Crippen LogP contribution in [-0.2, 0) is 0 Å². The van der Waals surface area contributed by atoms with Crippen molar-refractivity contribution in [1.29, 1.82) is 0 Å². The second-order valence-corrected chi connectivity index (χ2v) is 3.45. The van der Waals surface area contributed by atoms with Gasteiger partial charge in [0.25, 0.3) is 0 Å².